The van der Waals surface area contributed by atoms with Gasteiger partial charge >= 0.3 is 0 Å². The molecule has 2 aliphatic rings. The number of nitrogens with zero attached hydrogens (tertiary/aromatic N) is 3. The molecule has 1 aromatic heterocycles. The molecule has 2 amide bonds. The third kappa shape index (κ3) is 4.10. The van der Waals surface area contributed by atoms with Crippen LogP contribution < -0.4 is 10.1 Å². The van der Waals surface area contributed by atoms with Gasteiger partial charge in [-0.2, -0.15) is 5.10 Å². The number of amides is 2. The van der Waals surface area contributed by atoms with Gasteiger partial charge in [-0.25, -0.2) is 0 Å². The van der Waals surface area contributed by atoms with Gasteiger partial charge in [-0.1, -0.05) is 24.3 Å². The Kier molecular flexibility index (Phi) is 5.39. The van der Waals surface area contributed by atoms with Gasteiger partial charge in [0.1, 0.15) is 11.5 Å². The number of rotatable bonds is 6. The van der Waals surface area contributed by atoms with Gasteiger partial charge in [-0.05, 0) is 48.2 Å². The van der Waals surface area contributed by atoms with Crippen molar-refractivity contribution < 1.29 is 14.3 Å². The van der Waals surface area contributed by atoms with Crippen LogP contribution >= 0.6 is 0 Å². The third-order valence-electron chi connectivity index (χ3n) is 6.21. The lowest BCUT2D eigenvalue weighted by molar-refractivity contribution is -0.118. The highest BCUT2D eigenvalue weighted by Crippen LogP contribution is 2.42. The van der Waals surface area contributed by atoms with E-state index in [2.05, 4.69) is 11.5 Å². The lowest BCUT2D eigenvalue weighted by Crippen LogP contribution is -2.29. The van der Waals surface area contributed by atoms with Crippen LogP contribution in [0.15, 0.2) is 60.8 Å². The third-order valence-corrected chi connectivity index (χ3v) is 6.21. The number of para-hydroxylation sites is 1. The predicted octanol–water partition coefficient (Wildman–Crippen LogP) is 3.22. The summed E-state index contributed by atoms with van der Waals surface area (Å²) in [7, 11) is 0. The summed E-state index contributed by atoms with van der Waals surface area (Å²) in [6.07, 6.45) is 3.03. The van der Waals surface area contributed by atoms with Crippen molar-refractivity contribution in [3.8, 4) is 11.5 Å². The molecule has 1 N–H and O–H groups in total. The summed E-state index contributed by atoms with van der Waals surface area (Å²) in [4.78, 5) is 26.2. The molecule has 1 aliphatic heterocycles. The van der Waals surface area contributed by atoms with Crippen molar-refractivity contribution in [3.05, 3.63) is 77.6 Å². The van der Waals surface area contributed by atoms with Gasteiger partial charge in [0.2, 0.25) is 5.91 Å². The van der Waals surface area contributed by atoms with Gasteiger partial charge in [-0.3, -0.25) is 14.3 Å². The first-order valence-electron chi connectivity index (χ1n) is 11.0. The van der Waals surface area contributed by atoms with Crippen LogP contribution in [-0.2, 0) is 17.8 Å². The Morgan fingerprint density at radius 3 is 2.72 bits per heavy atom. The Morgan fingerprint density at radius 1 is 1.09 bits per heavy atom. The van der Waals surface area contributed by atoms with Crippen LogP contribution in [0.5, 0.6) is 11.5 Å². The van der Waals surface area contributed by atoms with Gasteiger partial charge in [0.05, 0.1) is 12.2 Å². The predicted molar refractivity (Wildman–Crippen MR) is 120 cm³/mol. The van der Waals surface area contributed by atoms with Gasteiger partial charge < -0.3 is 15.0 Å². The van der Waals surface area contributed by atoms with E-state index in [1.54, 1.807) is 0 Å². The number of carbonyl (C=O) groups is 2. The standard InChI is InChI=1S/C25H26N4O3/c1-17(30)26-10-11-29-15-20-12-19-14-28(16-23(19)24(20)27-29)25(31)18-6-5-9-22(13-18)32-21-7-3-2-4-8-21/h2-9,13,15,19,23H,10-12,14,16H2,1H3,(H,26,30)/t19-,23+/m1/s1. The molecule has 164 valence electrons. The van der Waals surface area contributed by atoms with Crippen LogP contribution in [0.4, 0.5) is 0 Å². The summed E-state index contributed by atoms with van der Waals surface area (Å²) in [6.45, 7) is 4.16. The number of ether oxygens (including phenoxy) is 1. The molecule has 7 heteroatoms. The van der Waals surface area contributed by atoms with Crippen LogP contribution in [0.3, 0.4) is 0 Å². The maximum atomic E-state index is 13.2. The van der Waals surface area contributed by atoms with E-state index < -0.39 is 0 Å². The lowest BCUT2D eigenvalue weighted by Gasteiger charge is -2.17. The molecular formula is C25H26N4O3. The zero-order valence-electron chi connectivity index (χ0n) is 18.0. The highest BCUT2D eigenvalue weighted by molar-refractivity contribution is 5.95. The molecular weight excluding hydrogens is 404 g/mol. The summed E-state index contributed by atoms with van der Waals surface area (Å²) < 4.78 is 7.80. The Labute approximate surface area is 187 Å². The Hall–Kier alpha value is -3.61. The largest absolute Gasteiger partial charge is 0.457 e. The van der Waals surface area contributed by atoms with Crippen molar-refractivity contribution in [2.45, 2.75) is 25.8 Å². The SMILES string of the molecule is CC(=O)NCCn1cc2c(n1)[C@H]1CN(C(=O)c3cccc(Oc4ccccc4)c3)C[C@H]1C2. The van der Waals surface area contributed by atoms with Crippen LogP contribution in [-0.4, -0.2) is 46.1 Å². The average Bonchev–Trinajstić information content (AvgIpc) is 3.44. The van der Waals surface area contributed by atoms with E-state index in [9.17, 15) is 9.59 Å². The number of likely N-dealkylation sites (tertiary alicyclic amines) is 1. The van der Waals surface area contributed by atoms with E-state index in [1.165, 1.54) is 12.5 Å². The Balaban J connectivity index is 1.24. The van der Waals surface area contributed by atoms with Crippen molar-refractivity contribution in [1.29, 1.82) is 0 Å². The molecule has 2 heterocycles. The molecule has 0 spiro atoms. The summed E-state index contributed by atoms with van der Waals surface area (Å²) in [5.41, 5.74) is 3.02. The summed E-state index contributed by atoms with van der Waals surface area (Å²) >= 11 is 0. The van der Waals surface area contributed by atoms with Gasteiger partial charge in [-0.15, -0.1) is 0 Å². The van der Waals surface area contributed by atoms with Gasteiger partial charge in [0.25, 0.3) is 5.91 Å². The topological polar surface area (TPSA) is 76.5 Å². The monoisotopic (exact) mass is 430 g/mol. The fourth-order valence-corrected chi connectivity index (χ4v) is 4.74. The van der Waals surface area contributed by atoms with Crippen molar-refractivity contribution in [2.75, 3.05) is 19.6 Å². The number of benzene rings is 2. The molecule has 32 heavy (non-hydrogen) atoms. The second-order valence-corrected chi connectivity index (χ2v) is 8.51. The summed E-state index contributed by atoms with van der Waals surface area (Å²) in [5.74, 6) is 2.10. The Bertz CT molecular complexity index is 1140. The van der Waals surface area contributed by atoms with Crippen molar-refractivity contribution in [3.63, 3.8) is 0 Å². The van der Waals surface area contributed by atoms with E-state index in [0.29, 0.717) is 36.9 Å². The first-order valence-corrected chi connectivity index (χ1v) is 11.0. The van der Waals surface area contributed by atoms with Gasteiger partial charge in [0.15, 0.2) is 0 Å². The fraction of sp³-hybridized carbons (Fsp3) is 0.320. The minimum absolute atomic E-state index is 0.0320. The summed E-state index contributed by atoms with van der Waals surface area (Å²) in [6, 6.07) is 16.9. The fourth-order valence-electron chi connectivity index (χ4n) is 4.74. The number of aromatic nitrogens is 2. The van der Waals surface area contributed by atoms with Crippen LogP contribution in [0.1, 0.15) is 34.5 Å². The summed E-state index contributed by atoms with van der Waals surface area (Å²) in [5, 5.41) is 7.57. The molecule has 1 fully saturated rings. The number of nitrogens with one attached hydrogen (secondary N) is 1. The van der Waals surface area contributed by atoms with Crippen molar-refractivity contribution >= 4 is 11.8 Å². The zero-order chi connectivity index (χ0) is 22.1. The number of hydrogen-bond donors (Lipinski definition) is 1. The molecule has 0 saturated carbocycles. The number of hydrogen-bond acceptors (Lipinski definition) is 4. The Morgan fingerprint density at radius 2 is 1.91 bits per heavy atom. The molecule has 1 saturated heterocycles. The first kappa shape index (κ1) is 20.3. The van der Waals surface area contributed by atoms with Crippen molar-refractivity contribution in [2.24, 2.45) is 5.92 Å². The molecule has 0 radical (unpaired) electrons. The molecule has 0 unspecified atom stereocenters. The van der Waals surface area contributed by atoms with E-state index in [1.807, 2.05) is 64.2 Å². The molecule has 1 aliphatic carbocycles. The van der Waals surface area contributed by atoms with E-state index >= 15 is 0 Å². The minimum atomic E-state index is -0.0343. The molecule has 0 bridgehead atoms. The minimum Gasteiger partial charge on any atom is -0.457 e. The maximum absolute atomic E-state index is 13.2. The van der Waals surface area contributed by atoms with Crippen LogP contribution in [0.25, 0.3) is 0 Å². The van der Waals surface area contributed by atoms with Gasteiger partial charge in [0, 0.05) is 44.2 Å². The second kappa shape index (κ2) is 8.49. The molecule has 2 aromatic carbocycles. The second-order valence-electron chi connectivity index (χ2n) is 8.51. The first-order chi connectivity index (χ1) is 15.6. The highest BCUT2D eigenvalue weighted by Gasteiger charge is 2.43. The number of fused-ring (bicyclic) bond motifs is 3. The van der Waals surface area contributed by atoms with E-state index in [0.717, 1.165) is 24.4 Å². The highest BCUT2D eigenvalue weighted by atomic mass is 16.5. The maximum Gasteiger partial charge on any atom is 0.254 e. The lowest BCUT2D eigenvalue weighted by atomic mass is 9.99. The normalized spacial score (nSPS) is 18.8. The molecule has 3 aromatic rings. The smallest absolute Gasteiger partial charge is 0.254 e. The molecule has 5 rings (SSSR count). The molecule has 2 atom stereocenters. The quantitative estimate of drug-likeness (QED) is 0.652. The molecule has 7 nitrogen and oxygen atoms in total. The van der Waals surface area contributed by atoms with Crippen molar-refractivity contribution in [1.82, 2.24) is 20.0 Å². The van der Waals surface area contributed by atoms with Crippen LogP contribution in [0.2, 0.25) is 0 Å². The number of carbonyl (C=O) groups excluding carboxylic acids is 2. The average molecular weight is 431 g/mol. The van der Waals surface area contributed by atoms with E-state index in [-0.39, 0.29) is 17.7 Å². The zero-order valence-corrected chi connectivity index (χ0v) is 18.0. The van der Waals surface area contributed by atoms with E-state index in [4.69, 9.17) is 9.84 Å². The van der Waals surface area contributed by atoms with Crippen LogP contribution in [0, 0.1) is 5.92 Å².